The largest absolute Gasteiger partial charge is 0.416 e. The second kappa shape index (κ2) is 6.41. The Morgan fingerprint density at radius 2 is 2.05 bits per heavy atom. The molecule has 0 aliphatic heterocycles. The first-order chi connectivity index (χ1) is 8.84. The lowest BCUT2D eigenvalue weighted by atomic mass is 10.0. The van der Waals surface area contributed by atoms with Crippen molar-refractivity contribution in [2.24, 2.45) is 0 Å². The molecule has 0 bridgehead atoms. The molecule has 1 aromatic rings. The molecule has 0 spiro atoms. The molecule has 5 heteroatoms. The van der Waals surface area contributed by atoms with Gasteiger partial charge in [-0.15, -0.1) is 6.58 Å². The minimum atomic E-state index is -4.44. The number of nitrogens with one attached hydrogen (secondary N) is 1. The highest BCUT2D eigenvalue weighted by molar-refractivity contribution is 5.79. The summed E-state index contributed by atoms with van der Waals surface area (Å²) in [7, 11) is 0. The number of amides is 1. The molecule has 0 heterocycles. The van der Waals surface area contributed by atoms with E-state index in [9.17, 15) is 18.0 Å². The Kier molecular flexibility index (Phi) is 5.15. The quantitative estimate of drug-likeness (QED) is 0.818. The van der Waals surface area contributed by atoms with Crippen LogP contribution in [-0.4, -0.2) is 11.9 Å². The number of halogens is 3. The van der Waals surface area contributed by atoms with Gasteiger partial charge in [0, 0.05) is 6.04 Å². The normalized spacial score (nSPS) is 12.8. The summed E-state index contributed by atoms with van der Waals surface area (Å²) >= 11 is 0. The average molecular weight is 271 g/mol. The number of carbonyl (C=O) groups excluding carboxylic acids is 1. The zero-order valence-corrected chi connectivity index (χ0v) is 10.6. The molecular formula is C14H16F3NO. The third-order valence-electron chi connectivity index (χ3n) is 2.60. The molecule has 0 aliphatic carbocycles. The Labute approximate surface area is 110 Å². The Balaban J connectivity index is 2.77. The molecule has 0 aromatic heterocycles. The van der Waals surface area contributed by atoms with Gasteiger partial charge in [-0.2, -0.15) is 13.2 Å². The summed E-state index contributed by atoms with van der Waals surface area (Å²) in [5.74, 6) is -0.425. The van der Waals surface area contributed by atoms with Crippen LogP contribution in [-0.2, 0) is 17.4 Å². The zero-order chi connectivity index (χ0) is 14.5. The van der Waals surface area contributed by atoms with E-state index in [4.69, 9.17) is 0 Å². The maximum absolute atomic E-state index is 12.7. The molecule has 0 unspecified atom stereocenters. The minimum Gasteiger partial charge on any atom is -0.353 e. The van der Waals surface area contributed by atoms with E-state index in [1.54, 1.807) is 13.0 Å². The van der Waals surface area contributed by atoms with Crippen molar-refractivity contribution in [2.75, 3.05) is 0 Å². The second-order valence-electron chi connectivity index (χ2n) is 4.32. The molecule has 0 saturated heterocycles. The summed E-state index contributed by atoms with van der Waals surface area (Å²) in [6, 6.07) is 4.97. The van der Waals surface area contributed by atoms with Crippen LogP contribution in [0.1, 0.15) is 24.5 Å². The Morgan fingerprint density at radius 1 is 1.42 bits per heavy atom. The maximum atomic E-state index is 12.7. The highest BCUT2D eigenvalue weighted by Crippen LogP contribution is 2.31. The monoisotopic (exact) mass is 271 g/mol. The van der Waals surface area contributed by atoms with Gasteiger partial charge in [-0.1, -0.05) is 24.3 Å². The first-order valence-corrected chi connectivity index (χ1v) is 5.90. The van der Waals surface area contributed by atoms with Crippen LogP contribution in [0, 0.1) is 0 Å². The standard InChI is InChI=1S/C14H16F3NO/c1-3-6-10(2)18-13(19)9-11-7-4-5-8-12(11)14(15,16)17/h3-5,7-8,10H,1,6,9H2,2H3,(H,18,19)/t10-/m1/s1. The number of benzene rings is 1. The van der Waals surface area contributed by atoms with Crippen LogP contribution in [0.4, 0.5) is 13.2 Å². The van der Waals surface area contributed by atoms with Gasteiger partial charge in [-0.25, -0.2) is 0 Å². The summed E-state index contributed by atoms with van der Waals surface area (Å²) in [5, 5.41) is 2.63. The Hall–Kier alpha value is -1.78. The molecule has 1 amide bonds. The topological polar surface area (TPSA) is 29.1 Å². The van der Waals surface area contributed by atoms with Gasteiger partial charge in [0.15, 0.2) is 0 Å². The van der Waals surface area contributed by atoms with Gasteiger partial charge in [-0.3, -0.25) is 4.79 Å². The maximum Gasteiger partial charge on any atom is 0.416 e. The molecule has 0 saturated carbocycles. The van der Waals surface area contributed by atoms with Crippen molar-refractivity contribution >= 4 is 5.91 Å². The molecule has 1 atom stereocenters. The van der Waals surface area contributed by atoms with Gasteiger partial charge in [0.05, 0.1) is 12.0 Å². The first-order valence-electron chi connectivity index (χ1n) is 5.90. The molecule has 1 rings (SSSR count). The number of alkyl halides is 3. The predicted molar refractivity (Wildman–Crippen MR) is 67.6 cm³/mol. The van der Waals surface area contributed by atoms with Crippen molar-refractivity contribution in [3.05, 3.63) is 48.0 Å². The van der Waals surface area contributed by atoms with Crippen molar-refractivity contribution < 1.29 is 18.0 Å². The van der Waals surface area contributed by atoms with Crippen molar-refractivity contribution in [2.45, 2.75) is 32.0 Å². The molecule has 1 aromatic carbocycles. The van der Waals surface area contributed by atoms with E-state index in [1.807, 2.05) is 0 Å². The lowest BCUT2D eigenvalue weighted by molar-refractivity contribution is -0.138. The molecule has 0 aliphatic rings. The number of rotatable bonds is 5. The van der Waals surface area contributed by atoms with Crippen molar-refractivity contribution in [3.63, 3.8) is 0 Å². The van der Waals surface area contributed by atoms with Crippen LogP contribution in [0.15, 0.2) is 36.9 Å². The lowest BCUT2D eigenvalue weighted by Crippen LogP contribution is -2.33. The van der Waals surface area contributed by atoms with Crippen LogP contribution in [0.25, 0.3) is 0 Å². The molecule has 0 fully saturated rings. The second-order valence-corrected chi connectivity index (χ2v) is 4.32. The van der Waals surface area contributed by atoms with Crippen molar-refractivity contribution in [3.8, 4) is 0 Å². The summed E-state index contributed by atoms with van der Waals surface area (Å²) in [5.41, 5.74) is -0.778. The van der Waals surface area contributed by atoms with Gasteiger partial charge in [-0.05, 0) is 25.0 Å². The van der Waals surface area contributed by atoms with Crippen LogP contribution in [0.3, 0.4) is 0 Å². The number of carbonyl (C=O) groups is 1. The van der Waals surface area contributed by atoms with Gasteiger partial charge >= 0.3 is 6.18 Å². The van der Waals surface area contributed by atoms with Gasteiger partial charge in [0.25, 0.3) is 0 Å². The zero-order valence-electron chi connectivity index (χ0n) is 10.6. The van der Waals surface area contributed by atoms with Crippen LogP contribution >= 0.6 is 0 Å². The van der Waals surface area contributed by atoms with Crippen LogP contribution in [0.5, 0.6) is 0 Å². The SMILES string of the molecule is C=CC[C@@H](C)NC(=O)Cc1ccccc1C(F)(F)F. The van der Waals surface area contributed by atoms with E-state index < -0.39 is 17.6 Å². The van der Waals surface area contributed by atoms with Gasteiger partial charge < -0.3 is 5.32 Å². The summed E-state index contributed by atoms with van der Waals surface area (Å²) in [6.07, 6.45) is -2.50. The third-order valence-corrected chi connectivity index (χ3v) is 2.60. The highest BCUT2D eigenvalue weighted by Gasteiger charge is 2.33. The van der Waals surface area contributed by atoms with E-state index in [-0.39, 0.29) is 18.0 Å². The molecule has 0 radical (unpaired) electrons. The van der Waals surface area contributed by atoms with E-state index in [2.05, 4.69) is 11.9 Å². The smallest absolute Gasteiger partial charge is 0.353 e. The minimum absolute atomic E-state index is 0.0155. The molecule has 2 nitrogen and oxygen atoms in total. The summed E-state index contributed by atoms with van der Waals surface area (Å²) < 4.78 is 38.2. The van der Waals surface area contributed by atoms with Crippen LogP contribution in [0.2, 0.25) is 0 Å². The van der Waals surface area contributed by atoms with E-state index in [0.29, 0.717) is 6.42 Å². The molecule has 104 valence electrons. The number of hydrogen-bond acceptors (Lipinski definition) is 1. The molecule has 1 N–H and O–H groups in total. The number of hydrogen-bond donors (Lipinski definition) is 1. The fourth-order valence-electron chi connectivity index (χ4n) is 1.76. The van der Waals surface area contributed by atoms with Crippen LogP contribution < -0.4 is 5.32 Å². The average Bonchev–Trinajstić information content (AvgIpc) is 2.28. The lowest BCUT2D eigenvalue weighted by Gasteiger charge is -2.14. The fraction of sp³-hybridized carbons (Fsp3) is 0.357. The first kappa shape index (κ1) is 15.3. The van der Waals surface area contributed by atoms with Gasteiger partial charge in [0.1, 0.15) is 0 Å². The fourth-order valence-corrected chi connectivity index (χ4v) is 1.76. The van der Waals surface area contributed by atoms with Crippen molar-refractivity contribution in [1.82, 2.24) is 5.32 Å². The third kappa shape index (κ3) is 4.77. The molecular weight excluding hydrogens is 255 g/mol. The Bertz CT molecular complexity index is 454. The van der Waals surface area contributed by atoms with E-state index in [1.165, 1.54) is 18.2 Å². The van der Waals surface area contributed by atoms with Crippen molar-refractivity contribution in [1.29, 1.82) is 0 Å². The van der Waals surface area contributed by atoms with E-state index >= 15 is 0 Å². The highest BCUT2D eigenvalue weighted by atomic mass is 19.4. The Morgan fingerprint density at radius 3 is 2.63 bits per heavy atom. The van der Waals surface area contributed by atoms with E-state index in [0.717, 1.165) is 6.07 Å². The predicted octanol–water partition coefficient (Wildman–Crippen LogP) is 3.33. The summed E-state index contributed by atoms with van der Waals surface area (Å²) in [6.45, 7) is 5.31. The molecule has 19 heavy (non-hydrogen) atoms. The summed E-state index contributed by atoms with van der Waals surface area (Å²) in [4.78, 5) is 11.7. The van der Waals surface area contributed by atoms with Gasteiger partial charge in [0.2, 0.25) is 5.91 Å².